The Morgan fingerprint density at radius 1 is 1.33 bits per heavy atom. The van der Waals surface area contributed by atoms with Crippen LogP contribution in [0.2, 0.25) is 0 Å². The van der Waals surface area contributed by atoms with Crippen LogP contribution in [0.15, 0.2) is 35.8 Å². The summed E-state index contributed by atoms with van der Waals surface area (Å²) in [6.07, 6.45) is 3.81. The lowest BCUT2D eigenvalue weighted by Crippen LogP contribution is -2.43. The average Bonchev–Trinajstić information content (AvgIpc) is 3.11. The largest absolute Gasteiger partial charge is 0.370 e. The van der Waals surface area contributed by atoms with Crippen LogP contribution in [0.5, 0.6) is 0 Å². The van der Waals surface area contributed by atoms with Crippen molar-refractivity contribution < 1.29 is 4.79 Å². The van der Waals surface area contributed by atoms with Gasteiger partial charge in [0.1, 0.15) is 5.01 Å². The molecule has 0 bridgehead atoms. The highest BCUT2D eigenvalue weighted by molar-refractivity contribution is 7.09. The lowest BCUT2D eigenvalue weighted by molar-refractivity contribution is -0.125. The molecule has 0 spiro atoms. The number of thiazole rings is 1. The maximum atomic E-state index is 12.7. The zero-order chi connectivity index (χ0) is 18.8. The normalized spacial score (nSPS) is 17.3. The number of piperidine rings is 1. The highest BCUT2D eigenvalue weighted by atomic mass is 32.1. The molecule has 1 aliphatic heterocycles. The SMILES string of the molecule is Cc1ccc2nccc(N3CCCC(C(=O)NCc4nc(C)cs4)C3)c2c1. The van der Waals surface area contributed by atoms with E-state index in [0.29, 0.717) is 6.54 Å². The lowest BCUT2D eigenvalue weighted by atomic mass is 9.96. The molecule has 3 heterocycles. The summed E-state index contributed by atoms with van der Waals surface area (Å²) in [6.45, 7) is 6.31. The molecule has 0 aliphatic carbocycles. The molecule has 4 rings (SSSR count). The molecular weight excluding hydrogens is 356 g/mol. The van der Waals surface area contributed by atoms with Gasteiger partial charge in [0.25, 0.3) is 0 Å². The minimum Gasteiger partial charge on any atom is -0.370 e. The lowest BCUT2D eigenvalue weighted by Gasteiger charge is -2.34. The number of nitrogens with zero attached hydrogens (tertiary/aromatic N) is 3. The van der Waals surface area contributed by atoms with E-state index in [1.807, 2.05) is 18.5 Å². The number of carbonyl (C=O) groups is 1. The summed E-state index contributed by atoms with van der Waals surface area (Å²) in [5.41, 5.74) is 4.41. The predicted molar refractivity (Wildman–Crippen MR) is 110 cm³/mol. The number of hydrogen-bond donors (Lipinski definition) is 1. The Kier molecular flexibility index (Phi) is 5.07. The van der Waals surface area contributed by atoms with Crippen LogP contribution in [0.3, 0.4) is 0 Å². The molecule has 1 aromatic carbocycles. The van der Waals surface area contributed by atoms with Gasteiger partial charge < -0.3 is 10.2 Å². The van der Waals surface area contributed by atoms with Crippen molar-refractivity contribution >= 4 is 33.8 Å². The van der Waals surface area contributed by atoms with Gasteiger partial charge in [0.05, 0.1) is 18.0 Å². The first-order valence-electron chi connectivity index (χ1n) is 9.39. The van der Waals surface area contributed by atoms with Crippen molar-refractivity contribution in [2.45, 2.75) is 33.2 Å². The summed E-state index contributed by atoms with van der Waals surface area (Å²) in [5.74, 6) is 0.134. The van der Waals surface area contributed by atoms with Gasteiger partial charge >= 0.3 is 0 Å². The Hall–Kier alpha value is -2.47. The number of rotatable bonds is 4. The molecule has 1 N–H and O–H groups in total. The third kappa shape index (κ3) is 3.95. The number of pyridine rings is 1. The molecule has 0 radical (unpaired) electrons. The van der Waals surface area contributed by atoms with Crippen LogP contribution in [-0.2, 0) is 11.3 Å². The van der Waals surface area contributed by atoms with Crippen molar-refractivity contribution in [2.75, 3.05) is 18.0 Å². The summed E-state index contributed by atoms with van der Waals surface area (Å²) >= 11 is 1.60. The first kappa shape index (κ1) is 17.9. The van der Waals surface area contributed by atoms with E-state index in [0.717, 1.165) is 47.5 Å². The number of fused-ring (bicyclic) bond motifs is 1. The number of carbonyl (C=O) groups excluding carboxylic acids is 1. The first-order chi connectivity index (χ1) is 13.1. The Labute approximate surface area is 163 Å². The molecule has 27 heavy (non-hydrogen) atoms. The Bertz CT molecular complexity index is 968. The van der Waals surface area contributed by atoms with Crippen LogP contribution >= 0.6 is 11.3 Å². The van der Waals surface area contributed by atoms with Crippen molar-refractivity contribution in [3.8, 4) is 0 Å². The van der Waals surface area contributed by atoms with E-state index in [1.54, 1.807) is 11.3 Å². The molecule has 1 atom stereocenters. The number of nitrogens with one attached hydrogen (secondary N) is 1. The van der Waals surface area contributed by atoms with Crippen molar-refractivity contribution in [3.05, 3.63) is 52.1 Å². The Balaban J connectivity index is 1.48. The molecule has 1 amide bonds. The maximum absolute atomic E-state index is 12.7. The fourth-order valence-electron chi connectivity index (χ4n) is 3.72. The molecule has 2 aromatic heterocycles. The molecule has 1 fully saturated rings. The Morgan fingerprint density at radius 3 is 3.04 bits per heavy atom. The summed E-state index contributed by atoms with van der Waals surface area (Å²) < 4.78 is 0. The summed E-state index contributed by atoms with van der Waals surface area (Å²) in [4.78, 5) is 23.9. The van der Waals surface area contributed by atoms with Crippen LogP contribution in [0, 0.1) is 19.8 Å². The first-order valence-corrected chi connectivity index (χ1v) is 10.3. The summed E-state index contributed by atoms with van der Waals surface area (Å²) in [6, 6.07) is 8.41. The average molecular weight is 381 g/mol. The van der Waals surface area contributed by atoms with Crippen molar-refractivity contribution in [1.82, 2.24) is 15.3 Å². The van der Waals surface area contributed by atoms with E-state index in [4.69, 9.17) is 0 Å². The smallest absolute Gasteiger partial charge is 0.225 e. The topological polar surface area (TPSA) is 58.1 Å². The van der Waals surface area contributed by atoms with Gasteiger partial charge in [-0.15, -0.1) is 11.3 Å². The van der Waals surface area contributed by atoms with E-state index in [1.165, 1.54) is 11.3 Å². The molecule has 1 saturated heterocycles. The highest BCUT2D eigenvalue weighted by Gasteiger charge is 2.26. The fraction of sp³-hybridized carbons (Fsp3) is 0.381. The predicted octanol–water partition coefficient (Wildman–Crippen LogP) is 3.84. The maximum Gasteiger partial charge on any atom is 0.225 e. The molecule has 140 valence electrons. The van der Waals surface area contributed by atoms with Crippen molar-refractivity contribution in [1.29, 1.82) is 0 Å². The highest BCUT2D eigenvalue weighted by Crippen LogP contribution is 2.30. The van der Waals surface area contributed by atoms with Gasteiger partial charge in [0.15, 0.2) is 0 Å². The van der Waals surface area contributed by atoms with E-state index >= 15 is 0 Å². The molecule has 1 unspecified atom stereocenters. The number of anilines is 1. The monoisotopic (exact) mass is 380 g/mol. The van der Waals surface area contributed by atoms with Gasteiger partial charge in [0, 0.05) is 41.4 Å². The zero-order valence-corrected chi connectivity index (χ0v) is 16.6. The van der Waals surface area contributed by atoms with E-state index < -0.39 is 0 Å². The third-order valence-corrected chi connectivity index (χ3v) is 6.05. The molecular formula is C21H24N4OS. The molecule has 5 nitrogen and oxygen atoms in total. The molecule has 1 aliphatic rings. The quantitative estimate of drug-likeness (QED) is 0.747. The fourth-order valence-corrected chi connectivity index (χ4v) is 4.43. The van der Waals surface area contributed by atoms with Gasteiger partial charge in [-0.2, -0.15) is 0 Å². The van der Waals surface area contributed by atoms with Crippen LogP contribution in [0.1, 0.15) is 29.1 Å². The van der Waals surface area contributed by atoms with Crippen LogP contribution in [0.25, 0.3) is 10.9 Å². The zero-order valence-electron chi connectivity index (χ0n) is 15.7. The van der Waals surface area contributed by atoms with E-state index in [9.17, 15) is 4.79 Å². The van der Waals surface area contributed by atoms with Gasteiger partial charge in [-0.1, -0.05) is 11.6 Å². The third-order valence-electron chi connectivity index (χ3n) is 5.09. The summed E-state index contributed by atoms with van der Waals surface area (Å²) in [5, 5.41) is 7.21. The van der Waals surface area contributed by atoms with Crippen molar-refractivity contribution in [3.63, 3.8) is 0 Å². The van der Waals surface area contributed by atoms with Gasteiger partial charge in [-0.05, 0) is 44.9 Å². The van der Waals surface area contributed by atoms with Crippen LogP contribution in [0.4, 0.5) is 5.69 Å². The van der Waals surface area contributed by atoms with Gasteiger partial charge in [-0.3, -0.25) is 9.78 Å². The number of aryl methyl sites for hydroxylation is 2. The molecule has 6 heteroatoms. The minimum atomic E-state index is 0.00725. The Morgan fingerprint density at radius 2 is 2.22 bits per heavy atom. The number of amides is 1. The van der Waals surface area contributed by atoms with E-state index in [-0.39, 0.29) is 11.8 Å². The second-order valence-electron chi connectivity index (χ2n) is 7.24. The molecule has 3 aromatic rings. The second kappa shape index (κ2) is 7.64. The van der Waals surface area contributed by atoms with Crippen LogP contribution in [-0.4, -0.2) is 29.0 Å². The number of benzene rings is 1. The van der Waals surface area contributed by atoms with Crippen molar-refractivity contribution in [2.24, 2.45) is 5.92 Å². The second-order valence-corrected chi connectivity index (χ2v) is 8.18. The number of aromatic nitrogens is 2. The van der Waals surface area contributed by atoms with Crippen LogP contribution < -0.4 is 10.2 Å². The summed E-state index contributed by atoms with van der Waals surface area (Å²) in [7, 11) is 0. The number of hydrogen-bond acceptors (Lipinski definition) is 5. The minimum absolute atomic E-state index is 0.00725. The molecule has 0 saturated carbocycles. The standard InChI is InChI=1S/C21H24N4OS/c1-14-5-6-18-17(10-14)19(7-8-22-18)25-9-3-4-16(12-25)21(26)23-11-20-24-15(2)13-27-20/h5-8,10,13,16H,3-4,9,11-12H2,1-2H3,(H,23,26). The van der Waals surface area contributed by atoms with Gasteiger partial charge in [-0.25, -0.2) is 4.98 Å². The van der Waals surface area contributed by atoms with E-state index in [2.05, 4.69) is 51.4 Å². The van der Waals surface area contributed by atoms with Gasteiger partial charge in [0.2, 0.25) is 5.91 Å².